The summed E-state index contributed by atoms with van der Waals surface area (Å²) >= 11 is 6.26. The highest BCUT2D eigenvalue weighted by Gasteiger charge is 2.21. The molecule has 0 atom stereocenters. The van der Waals surface area contributed by atoms with Gasteiger partial charge < -0.3 is 15.1 Å². The van der Waals surface area contributed by atoms with Crippen LogP contribution in [0.25, 0.3) is 11.3 Å². The SMILES string of the molecule is C=C(c1c(O)cccc1Cl)N1C=CC=C/C1=C(/C)c1ncccc1O. The number of hydrogen-bond acceptors (Lipinski definition) is 4. The zero-order valence-electron chi connectivity index (χ0n) is 13.6. The highest BCUT2D eigenvalue weighted by atomic mass is 35.5. The molecule has 2 heterocycles. The van der Waals surface area contributed by atoms with E-state index < -0.39 is 0 Å². The van der Waals surface area contributed by atoms with Crippen LogP contribution in [-0.2, 0) is 0 Å². The monoisotopic (exact) mass is 352 g/mol. The van der Waals surface area contributed by atoms with Crippen molar-refractivity contribution < 1.29 is 10.2 Å². The minimum absolute atomic E-state index is 0.0538. The standard InChI is InChI=1S/C20H17ClN2O2/c1-13(20-18(25)10-6-11-22-20)16-8-3-4-12-23(16)14(2)19-15(21)7-5-9-17(19)24/h3-12,24-25H,2H2,1H3/b16-13+. The normalized spacial score (nSPS) is 15.4. The Balaban J connectivity index is 2.10. The Labute approximate surface area is 151 Å². The van der Waals surface area contributed by atoms with E-state index in [0.717, 1.165) is 11.3 Å². The molecule has 0 saturated carbocycles. The van der Waals surface area contributed by atoms with Gasteiger partial charge in [-0.05, 0) is 43.3 Å². The van der Waals surface area contributed by atoms with Crippen LogP contribution in [0.4, 0.5) is 0 Å². The average Bonchev–Trinajstić information content (AvgIpc) is 2.61. The van der Waals surface area contributed by atoms with E-state index in [9.17, 15) is 10.2 Å². The van der Waals surface area contributed by atoms with E-state index in [1.807, 2.05) is 36.3 Å². The molecule has 0 amide bonds. The molecule has 0 unspecified atom stereocenters. The van der Waals surface area contributed by atoms with Gasteiger partial charge in [-0.25, -0.2) is 0 Å². The van der Waals surface area contributed by atoms with Crippen LogP contribution in [0.1, 0.15) is 18.2 Å². The molecule has 0 spiro atoms. The third-order valence-electron chi connectivity index (χ3n) is 3.96. The van der Waals surface area contributed by atoms with Crippen molar-refractivity contribution >= 4 is 22.9 Å². The summed E-state index contributed by atoms with van der Waals surface area (Å²) in [6.45, 7) is 5.97. The van der Waals surface area contributed by atoms with Crippen molar-refractivity contribution in [2.75, 3.05) is 0 Å². The van der Waals surface area contributed by atoms with Crippen LogP contribution in [0.2, 0.25) is 5.02 Å². The van der Waals surface area contributed by atoms with Crippen LogP contribution in [0, 0.1) is 0 Å². The first kappa shape index (κ1) is 16.9. The van der Waals surface area contributed by atoms with E-state index in [0.29, 0.717) is 22.0 Å². The maximum atomic E-state index is 10.2. The fourth-order valence-corrected chi connectivity index (χ4v) is 2.99. The van der Waals surface area contributed by atoms with Gasteiger partial charge in [-0.1, -0.05) is 30.3 Å². The van der Waals surface area contributed by atoms with Crippen LogP contribution in [-0.4, -0.2) is 20.1 Å². The van der Waals surface area contributed by atoms with Gasteiger partial charge in [-0.15, -0.1) is 0 Å². The smallest absolute Gasteiger partial charge is 0.141 e. The van der Waals surface area contributed by atoms with Crippen molar-refractivity contribution in [3.63, 3.8) is 0 Å². The van der Waals surface area contributed by atoms with Crippen LogP contribution in [0.3, 0.4) is 0 Å². The predicted molar refractivity (Wildman–Crippen MR) is 101 cm³/mol. The third kappa shape index (κ3) is 3.16. The van der Waals surface area contributed by atoms with Crippen molar-refractivity contribution in [2.45, 2.75) is 6.92 Å². The molecule has 0 saturated heterocycles. The van der Waals surface area contributed by atoms with Gasteiger partial charge in [0.1, 0.15) is 17.2 Å². The topological polar surface area (TPSA) is 56.6 Å². The lowest BCUT2D eigenvalue weighted by atomic mass is 10.0. The van der Waals surface area contributed by atoms with Crippen LogP contribution < -0.4 is 0 Å². The fourth-order valence-electron chi connectivity index (χ4n) is 2.71. The molecule has 0 bridgehead atoms. The van der Waals surface area contributed by atoms with E-state index in [2.05, 4.69) is 11.6 Å². The molecule has 1 aromatic carbocycles. The maximum Gasteiger partial charge on any atom is 0.141 e. The zero-order valence-corrected chi connectivity index (χ0v) is 14.4. The number of phenols is 1. The van der Waals surface area contributed by atoms with Gasteiger partial charge in [0.2, 0.25) is 0 Å². The van der Waals surface area contributed by atoms with E-state index in [1.165, 1.54) is 0 Å². The third-order valence-corrected chi connectivity index (χ3v) is 4.27. The number of aromatic hydroxyl groups is 2. The largest absolute Gasteiger partial charge is 0.507 e. The molecule has 1 aliphatic heterocycles. The Morgan fingerprint density at radius 3 is 2.60 bits per heavy atom. The van der Waals surface area contributed by atoms with Crippen molar-refractivity contribution in [3.05, 3.63) is 89.5 Å². The summed E-state index contributed by atoms with van der Waals surface area (Å²) in [4.78, 5) is 6.07. The summed E-state index contributed by atoms with van der Waals surface area (Å²) in [6, 6.07) is 8.21. The quantitative estimate of drug-likeness (QED) is 0.822. The summed E-state index contributed by atoms with van der Waals surface area (Å²) in [5.74, 6) is 0.153. The molecule has 1 aliphatic rings. The molecule has 1 aromatic heterocycles. The van der Waals surface area contributed by atoms with Gasteiger partial charge in [0.25, 0.3) is 0 Å². The number of benzene rings is 1. The van der Waals surface area contributed by atoms with Crippen molar-refractivity contribution in [1.29, 1.82) is 0 Å². The molecule has 4 nitrogen and oxygen atoms in total. The lowest BCUT2D eigenvalue weighted by molar-refractivity contribution is 0.469. The lowest BCUT2D eigenvalue weighted by Gasteiger charge is -2.28. The highest BCUT2D eigenvalue weighted by molar-refractivity contribution is 6.32. The first-order chi connectivity index (χ1) is 12.0. The number of aromatic nitrogens is 1. The molecule has 3 rings (SSSR count). The Morgan fingerprint density at radius 2 is 1.88 bits per heavy atom. The first-order valence-electron chi connectivity index (χ1n) is 7.67. The first-order valence-corrected chi connectivity index (χ1v) is 8.04. The van der Waals surface area contributed by atoms with E-state index in [-0.39, 0.29) is 11.5 Å². The number of pyridine rings is 1. The molecule has 25 heavy (non-hydrogen) atoms. The second kappa shape index (κ2) is 6.87. The Morgan fingerprint density at radius 1 is 1.12 bits per heavy atom. The van der Waals surface area contributed by atoms with Gasteiger partial charge in [0.05, 0.1) is 22.0 Å². The van der Waals surface area contributed by atoms with Gasteiger partial charge in [0.15, 0.2) is 0 Å². The van der Waals surface area contributed by atoms with E-state index in [1.54, 1.807) is 36.5 Å². The molecule has 0 aliphatic carbocycles. The molecule has 2 aromatic rings. The highest BCUT2D eigenvalue weighted by Crippen LogP contribution is 2.38. The minimum atomic E-state index is 0.0538. The molecular weight excluding hydrogens is 336 g/mol. The van der Waals surface area contributed by atoms with Crippen LogP contribution >= 0.6 is 11.6 Å². The molecule has 126 valence electrons. The summed E-state index contributed by atoms with van der Waals surface area (Å²) in [5, 5.41) is 20.7. The Bertz CT molecular complexity index is 909. The van der Waals surface area contributed by atoms with Gasteiger partial charge in [-0.3, -0.25) is 4.98 Å². The number of phenolic OH excluding ortho intramolecular Hbond substituents is 1. The van der Waals surface area contributed by atoms with Crippen molar-refractivity contribution in [2.24, 2.45) is 0 Å². The molecular formula is C20H17ClN2O2. The van der Waals surface area contributed by atoms with E-state index in [4.69, 9.17) is 11.6 Å². The summed E-state index contributed by atoms with van der Waals surface area (Å²) in [5.41, 5.74) is 3.01. The van der Waals surface area contributed by atoms with Crippen LogP contribution in [0.15, 0.2) is 73.2 Å². The fraction of sp³-hybridized carbons (Fsp3) is 0.0500. The number of rotatable bonds is 3. The number of hydrogen-bond donors (Lipinski definition) is 2. The second-order valence-electron chi connectivity index (χ2n) is 5.53. The lowest BCUT2D eigenvalue weighted by Crippen LogP contribution is -2.17. The molecule has 0 fully saturated rings. The molecule has 5 heteroatoms. The summed E-state index contributed by atoms with van der Waals surface area (Å²) < 4.78 is 0. The molecule has 0 radical (unpaired) electrons. The maximum absolute atomic E-state index is 10.2. The predicted octanol–water partition coefficient (Wildman–Crippen LogP) is 4.93. The van der Waals surface area contributed by atoms with Crippen LogP contribution in [0.5, 0.6) is 11.5 Å². The number of allylic oxidation sites excluding steroid dienone is 4. The summed E-state index contributed by atoms with van der Waals surface area (Å²) in [6.07, 6.45) is 9.08. The zero-order chi connectivity index (χ0) is 18.0. The van der Waals surface area contributed by atoms with E-state index >= 15 is 0 Å². The minimum Gasteiger partial charge on any atom is -0.507 e. The van der Waals surface area contributed by atoms with Gasteiger partial charge >= 0.3 is 0 Å². The average molecular weight is 353 g/mol. The number of nitrogens with zero attached hydrogens (tertiary/aromatic N) is 2. The van der Waals surface area contributed by atoms with Crippen molar-refractivity contribution in [1.82, 2.24) is 9.88 Å². The summed E-state index contributed by atoms with van der Waals surface area (Å²) in [7, 11) is 0. The second-order valence-corrected chi connectivity index (χ2v) is 5.94. The van der Waals surface area contributed by atoms with Gasteiger partial charge in [0, 0.05) is 18.0 Å². The van der Waals surface area contributed by atoms with Gasteiger partial charge in [-0.2, -0.15) is 0 Å². The Kier molecular flexibility index (Phi) is 4.63. The van der Waals surface area contributed by atoms with Crippen molar-refractivity contribution in [3.8, 4) is 11.5 Å². The number of halogens is 1. The molecule has 2 N–H and O–H groups in total. The Hall–Kier alpha value is -2.98.